The molecule has 0 aliphatic heterocycles. The highest BCUT2D eigenvalue weighted by molar-refractivity contribution is 6.01. The average molecular weight is 448 g/mol. The summed E-state index contributed by atoms with van der Waals surface area (Å²) in [7, 11) is 1.69. The average Bonchev–Trinajstić information content (AvgIpc) is 3.50. The summed E-state index contributed by atoms with van der Waals surface area (Å²) in [5, 5.41) is 14.8. The smallest absolute Gasteiger partial charge is 0.303 e. The van der Waals surface area contributed by atoms with Crippen molar-refractivity contribution in [2.75, 3.05) is 0 Å². The van der Waals surface area contributed by atoms with Crippen LogP contribution in [0.15, 0.2) is 23.1 Å². The molecule has 0 bridgehead atoms. The van der Waals surface area contributed by atoms with E-state index in [1.807, 2.05) is 0 Å². The molecule has 5 rings (SSSR count). The predicted molar refractivity (Wildman–Crippen MR) is 115 cm³/mol. The number of hydrogen-bond acceptors (Lipinski definition) is 9. The molecule has 168 valence electrons. The second-order valence-corrected chi connectivity index (χ2v) is 8.75. The van der Waals surface area contributed by atoms with Crippen molar-refractivity contribution in [3.63, 3.8) is 0 Å². The van der Waals surface area contributed by atoms with Crippen LogP contribution in [0.5, 0.6) is 0 Å². The van der Waals surface area contributed by atoms with Crippen LogP contribution in [0.2, 0.25) is 0 Å². The van der Waals surface area contributed by atoms with E-state index in [4.69, 9.17) is 4.52 Å². The Bertz CT molecular complexity index is 1490. The van der Waals surface area contributed by atoms with Crippen LogP contribution in [0.1, 0.15) is 55.8 Å². The summed E-state index contributed by atoms with van der Waals surface area (Å²) in [6, 6.07) is 1.26. The number of aromatic nitrogens is 10. The minimum absolute atomic E-state index is 0.136. The largest absolute Gasteiger partial charge is 0.358 e. The van der Waals surface area contributed by atoms with Gasteiger partial charge in [0.2, 0.25) is 5.82 Å². The van der Waals surface area contributed by atoms with E-state index >= 15 is 0 Å². The fraction of sp³-hybridized carbons (Fsp3) is 0.350. The number of rotatable bonds is 4. The van der Waals surface area contributed by atoms with Crippen LogP contribution in [0.3, 0.4) is 0 Å². The lowest BCUT2D eigenvalue weighted by molar-refractivity contribution is -0.334. The van der Waals surface area contributed by atoms with E-state index in [1.54, 1.807) is 26.2 Å². The summed E-state index contributed by atoms with van der Waals surface area (Å²) in [5.74, 6) is 1.40. The van der Waals surface area contributed by atoms with E-state index in [2.05, 4.69) is 71.5 Å². The van der Waals surface area contributed by atoms with Crippen LogP contribution in [-0.4, -0.2) is 51.0 Å². The van der Waals surface area contributed by atoms with Gasteiger partial charge < -0.3 is 9.84 Å². The molecule has 13 nitrogen and oxygen atoms in total. The van der Waals surface area contributed by atoms with Crippen molar-refractivity contribution >= 4 is 28.2 Å². The highest BCUT2D eigenvalue weighted by Gasteiger charge is 2.25. The summed E-state index contributed by atoms with van der Waals surface area (Å²) in [4.78, 5) is 36.4. The molecule has 0 unspecified atom stereocenters. The molecule has 3 N–H and O–H groups in total. The third kappa shape index (κ3) is 3.66. The van der Waals surface area contributed by atoms with Crippen LogP contribution < -0.4 is 10.3 Å². The fourth-order valence-corrected chi connectivity index (χ4v) is 3.31. The first-order valence-electron chi connectivity index (χ1n) is 10.3. The van der Waals surface area contributed by atoms with E-state index in [0.29, 0.717) is 34.1 Å². The molecule has 0 radical (unpaired) electrons. The van der Waals surface area contributed by atoms with Crippen molar-refractivity contribution in [2.24, 2.45) is 7.05 Å². The summed E-state index contributed by atoms with van der Waals surface area (Å²) < 4.78 is 6.96. The number of nitrogens with zero attached hydrogens (tertiary/aromatic N) is 8. The van der Waals surface area contributed by atoms with Crippen LogP contribution in [-0.2, 0) is 12.5 Å². The number of amides is 1. The number of carbonyl (C=O) groups is 1. The predicted octanol–water partition coefficient (Wildman–Crippen LogP) is 1.29. The van der Waals surface area contributed by atoms with Crippen molar-refractivity contribution < 1.29 is 14.3 Å². The first-order chi connectivity index (χ1) is 15.7. The molecule has 0 spiro atoms. The molecule has 0 aromatic carbocycles. The number of carbonyl (C=O) groups excluding carboxylic acids is 1. The summed E-state index contributed by atoms with van der Waals surface area (Å²) in [6.07, 6.45) is 3.04. The minimum atomic E-state index is -0.475. The van der Waals surface area contributed by atoms with Gasteiger partial charge in [0, 0.05) is 18.5 Å². The standard InChI is InChI=1S/C20H21N11O2/c1-9(24-18(32)14-13-17(23-8-22-14)31(5)30-28-13)12-6-10(29-33-12)15-25-11-7-21-19(20(2,3)4)27-16(11)26-15/h6-9H,1-5H3,(H,24,32)(H,21,25,26,27)/p+1/t9-/m1/s1. The Hall–Kier alpha value is -4.29. The molecule has 5 heterocycles. The van der Waals surface area contributed by atoms with Gasteiger partial charge in [-0.25, -0.2) is 24.6 Å². The van der Waals surface area contributed by atoms with Gasteiger partial charge in [0.15, 0.2) is 33.8 Å². The molecule has 0 aliphatic carbocycles. The lowest BCUT2D eigenvalue weighted by atomic mass is 9.96. The third-order valence-electron chi connectivity index (χ3n) is 5.12. The first-order valence-corrected chi connectivity index (χ1v) is 10.3. The molecule has 0 saturated carbocycles. The highest BCUT2D eigenvalue weighted by atomic mass is 16.5. The first kappa shape index (κ1) is 20.6. The van der Waals surface area contributed by atoms with E-state index in [1.165, 1.54) is 11.0 Å². The number of imidazole rings is 1. The fourth-order valence-electron chi connectivity index (χ4n) is 3.31. The van der Waals surface area contributed by atoms with E-state index in [9.17, 15) is 4.79 Å². The van der Waals surface area contributed by atoms with Crippen LogP contribution in [0.25, 0.3) is 33.8 Å². The van der Waals surface area contributed by atoms with Gasteiger partial charge in [-0.15, -0.1) is 5.10 Å². The number of H-pyrrole nitrogens is 2. The molecule has 1 amide bonds. The molecular formula is C20H22N11O2+. The van der Waals surface area contributed by atoms with E-state index in [-0.39, 0.29) is 11.1 Å². The number of hydrogen-bond donors (Lipinski definition) is 2. The van der Waals surface area contributed by atoms with Gasteiger partial charge in [-0.2, -0.15) is 0 Å². The second kappa shape index (κ2) is 7.39. The number of fused-ring (bicyclic) bond motifs is 2. The Morgan fingerprint density at radius 3 is 2.88 bits per heavy atom. The monoisotopic (exact) mass is 448 g/mol. The van der Waals surface area contributed by atoms with Crippen molar-refractivity contribution in [3.8, 4) is 11.5 Å². The molecule has 0 aliphatic rings. The van der Waals surface area contributed by atoms with Crippen molar-refractivity contribution in [3.05, 3.63) is 35.9 Å². The Morgan fingerprint density at radius 2 is 2.09 bits per heavy atom. The molecule has 0 fully saturated rings. The van der Waals surface area contributed by atoms with Crippen LogP contribution in [0, 0.1) is 0 Å². The van der Waals surface area contributed by atoms with Gasteiger partial charge in [0.05, 0.1) is 12.2 Å². The van der Waals surface area contributed by atoms with Gasteiger partial charge in [0.1, 0.15) is 6.33 Å². The molecule has 0 saturated heterocycles. The molecule has 1 atom stereocenters. The zero-order valence-corrected chi connectivity index (χ0v) is 18.7. The summed E-state index contributed by atoms with van der Waals surface area (Å²) in [6.45, 7) is 7.95. The van der Waals surface area contributed by atoms with Crippen molar-refractivity contribution in [1.82, 2.24) is 50.4 Å². The lowest BCUT2D eigenvalue weighted by Crippen LogP contribution is -2.27. The molecule has 5 aromatic heterocycles. The Labute approximate surface area is 187 Å². The lowest BCUT2D eigenvalue weighted by Gasteiger charge is -2.11. The van der Waals surface area contributed by atoms with E-state index in [0.717, 1.165) is 11.3 Å². The van der Waals surface area contributed by atoms with Gasteiger partial charge >= 0.3 is 5.65 Å². The Balaban J connectivity index is 1.37. The molecule has 33 heavy (non-hydrogen) atoms. The maximum absolute atomic E-state index is 12.8. The normalized spacial score (nSPS) is 13.0. The highest BCUT2D eigenvalue weighted by Crippen LogP contribution is 2.23. The Morgan fingerprint density at radius 1 is 1.27 bits per heavy atom. The number of aromatic amines is 2. The number of aryl methyl sites for hydroxylation is 1. The number of nitrogens with one attached hydrogen (secondary N) is 3. The van der Waals surface area contributed by atoms with E-state index < -0.39 is 11.9 Å². The molecular weight excluding hydrogens is 426 g/mol. The topological polar surface area (TPSA) is 167 Å². The SMILES string of the molecule is C[C@@H](NC(=O)c1ncnc2c1nnn2C)c1cc(-c2[nH]c3cnc(C(C)(C)C)nc3[nH+]2)no1. The minimum Gasteiger partial charge on any atom is -0.358 e. The third-order valence-corrected chi connectivity index (χ3v) is 5.12. The van der Waals surface area contributed by atoms with Gasteiger partial charge in [-0.1, -0.05) is 36.1 Å². The maximum Gasteiger partial charge on any atom is 0.303 e. The summed E-state index contributed by atoms with van der Waals surface area (Å²) >= 11 is 0. The Kier molecular flexibility index (Phi) is 4.62. The van der Waals surface area contributed by atoms with Gasteiger partial charge in [-0.3, -0.25) is 9.78 Å². The summed E-state index contributed by atoms with van der Waals surface area (Å²) in [5.41, 5.74) is 2.72. The zero-order chi connectivity index (χ0) is 23.3. The van der Waals surface area contributed by atoms with Crippen molar-refractivity contribution in [1.29, 1.82) is 0 Å². The van der Waals surface area contributed by atoms with Gasteiger partial charge in [-0.05, 0) is 6.92 Å². The zero-order valence-electron chi connectivity index (χ0n) is 18.7. The van der Waals surface area contributed by atoms with Crippen LogP contribution in [0.4, 0.5) is 0 Å². The molecule has 5 aromatic rings. The van der Waals surface area contributed by atoms with Crippen molar-refractivity contribution in [2.45, 2.75) is 39.2 Å². The van der Waals surface area contributed by atoms with Crippen LogP contribution >= 0.6 is 0 Å². The molecule has 13 heteroatoms. The maximum atomic E-state index is 12.8. The second-order valence-electron chi connectivity index (χ2n) is 8.75. The van der Waals surface area contributed by atoms with Gasteiger partial charge in [0.25, 0.3) is 11.7 Å². The quantitative estimate of drug-likeness (QED) is 0.411.